The Hall–Kier alpha value is -2.07. The summed E-state index contributed by atoms with van der Waals surface area (Å²) in [5.41, 5.74) is 6.89. The molecule has 2 N–H and O–H groups in total. The molecule has 2 fully saturated rings. The largest absolute Gasteiger partial charge is 0.462 e. The van der Waals surface area contributed by atoms with Gasteiger partial charge in [-0.1, -0.05) is 11.8 Å². The summed E-state index contributed by atoms with van der Waals surface area (Å²) in [7, 11) is 0. The number of ether oxygens (including phenoxy) is 2. The molecule has 8 nitrogen and oxygen atoms in total. The molecule has 10 heteroatoms. The number of thioether (sulfide) groups is 1. The molecule has 2 aromatic heterocycles. The molecular weight excluding hydrogens is 412 g/mol. The van der Waals surface area contributed by atoms with Gasteiger partial charge in [0, 0.05) is 23.3 Å². The zero-order valence-corrected chi connectivity index (χ0v) is 18.1. The number of aromatic nitrogens is 3. The van der Waals surface area contributed by atoms with E-state index in [0.29, 0.717) is 28.2 Å². The van der Waals surface area contributed by atoms with Crippen molar-refractivity contribution in [3.05, 3.63) is 21.8 Å². The lowest BCUT2D eigenvalue weighted by atomic mass is 10.1. The maximum Gasteiger partial charge on any atom is 0.348 e. The molecule has 0 amide bonds. The molecule has 29 heavy (non-hydrogen) atoms. The Morgan fingerprint density at radius 1 is 1.14 bits per heavy atom. The van der Waals surface area contributed by atoms with Gasteiger partial charge in [0.2, 0.25) is 0 Å². The van der Waals surface area contributed by atoms with Crippen LogP contribution in [0, 0.1) is 0 Å². The monoisotopic (exact) mass is 436 g/mol. The van der Waals surface area contributed by atoms with Crippen molar-refractivity contribution in [2.45, 2.75) is 62.4 Å². The van der Waals surface area contributed by atoms with Crippen LogP contribution in [0.3, 0.4) is 0 Å². The standard InChI is InChI=1S/C19H24N4O4S2/c1-3-26-17(24)13-12(14(29-15(13)20)18(25)27-4-2)9-28-19-22-21-16(10-5-6-10)23(19)11-7-8-11/h10-11H,3-9,20H2,1-2H3. The predicted octanol–water partition coefficient (Wildman–Crippen LogP) is 3.78. The van der Waals surface area contributed by atoms with Gasteiger partial charge in [0.25, 0.3) is 0 Å². The zero-order chi connectivity index (χ0) is 20.5. The van der Waals surface area contributed by atoms with Crippen LogP contribution in [-0.2, 0) is 15.2 Å². The number of anilines is 1. The number of carbonyl (C=O) groups is 2. The maximum atomic E-state index is 12.5. The number of esters is 2. The number of hydrogen-bond donors (Lipinski definition) is 1. The minimum absolute atomic E-state index is 0.232. The van der Waals surface area contributed by atoms with Gasteiger partial charge >= 0.3 is 11.9 Å². The third-order valence-corrected chi connectivity index (χ3v) is 6.88. The second kappa shape index (κ2) is 8.35. The molecule has 0 aliphatic heterocycles. The molecule has 2 aliphatic rings. The number of nitrogens with two attached hydrogens (primary N) is 1. The van der Waals surface area contributed by atoms with E-state index in [1.807, 2.05) is 0 Å². The van der Waals surface area contributed by atoms with Gasteiger partial charge in [0.15, 0.2) is 5.16 Å². The number of nitrogen functional groups attached to an aromatic ring is 1. The fourth-order valence-electron chi connectivity index (χ4n) is 3.23. The first-order valence-corrected chi connectivity index (χ1v) is 11.7. The van der Waals surface area contributed by atoms with Crippen LogP contribution in [0.1, 0.15) is 82.9 Å². The van der Waals surface area contributed by atoms with Gasteiger partial charge in [-0.2, -0.15) is 0 Å². The Kier molecular flexibility index (Phi) is 5.82. The molecule has 0 radical (unpaired) electrons. The van der Waals surface area contributed by atoms with Gasteiger partial charge in [-0.05, 0) is 39.5 Å². The van der Waals surface area contributed by atoms with Crippen molar-refractivity contribution < 1.29 is 19.1 Å². The van der Waals surface area contributed by atoms with Gasteiger partial charge in [-0.25, -0.2) is 9.59 Å². The summed E-state index contributed by atoms with van der Waals surface area (Å²) in [5, 5.41) is 9.91. The Morgan fingerprint density at radius 2 is 1.83 bits per heavy atom. The topological polar surface area (TPSA) is 109 Å². The lowest BCUT2D eigenvalue weighted by Gasteiger charge is -2.10. The van der Waals surface area contributed by atoms with Gasteiger partial charge in [-0.3, -0.25) is 0 Å². The van der Waals surface area contributed by atoms with E-state index in [2.05, 4.69) is 14.8 Å². The first-order valence-electron chi connectivity index (χ1n) is 9.88. The van der Waals surface area contributed by atoms with Crippen LogP contribution >= 0.6 is 23.1 Å². The van der Waals surface area contributed by atoms with Gasteiger partial charge < -0.3 is 19.8 Å². The van der Waals surface area contributed by atoms with Crippen LogP contribution in [0.5, 0.6) is 0 Å². The first kappa shape index (κ1) is 20.2. The lowest BCUT2D eigenvalue weighted by molar-refractivity contribution is 0.0527. The Bertz CT molecular complexity index is 931. The molecule has 0 aromatic carbocycles. The lowest BCUT2D eigenvalue weighted by Crippen LogP contribution is -2.11. The Morgan fingerprint density at radius 3 is 2.45 bits per heavy atom. The SMILES string of the molecule is CCOC(=O)c1sc(N)c(C(=O)OCC)c1CSc1nnc(C2CC2)n1C1CC1. The molecule has 0 saturated heterocycles. The molecule has 0 atom stereocenters. The highest BCUT2D eigenvalue weighted by Crippen LogP contribution is 2.46. The molecular formula is C19H24N4O4S2. The molecule has 2 saturated carbocycles. The average molecular weight is 437 g/mol. The van der Waals surface area contributed by atoms with E-state index in [0.717, 1.165) is 48.0 Å². The molecule has 2 aliphatic carbocycles. The summed E-state index contributed by atoms with van der Waals surface area (Å²) in [6.45, 7) is 3.96. The van der Waals surface area contributed by atoms with Crippen molar-refractivity contribution in [2.75, 3.05) is 18.9 Å². The van der Waals surface area contributed by atoms with Crippen LogP contribution in [-0.4, -0.2) is 39.9 Å². The Labute approximate surface area is 177 Å². The van der Waals surface area contributed by atoms with E-state index in [4.69, 9.17) is 15.2 Å². The summed E-state index contributed by atoms with van der Waals surface area (Å²) < 4.78 is 12.6. The highest BCUT2D eigenvalue weighted by molar-refractivity contribution is 7.98. The van der Waals surface area contributed by atoms with Gasteiger partial charge in [0.1, 0.15) is 15.7 Å². The average Bonchev–Trinajstić information content (AvgIpc) is 3.62. The van der Waals surface area contributed by atoms with Crippen LogP contribution < -0.4 is 5.73 Å². The van der Waals surface area contributed by atoms with Crippen molar-refractivity contribution in [3.8, 4) is 0 Å². The molecule has 2 heterocycles. The van der Waals surface area contributed by atoms with Crippen molar-refractivity contribution in [1.29, 1.82) is 0 Å². The van der Waals surface area contributed by atoms with Crippen molar-refractivity contribution in [1.82, 2.24) is 14.8 Å². The molecule has 0 spiro atoms. The molecule has 0 unspecified atom stereocenters. The van der Waals surface area contributed by atoms with Crippen LogP contribution in [0.25, 0.3) is 0 Å². The number of nitrogens with zero attached hydrogens (tertiary/aromatic N) is 3. The van der Waals surface area contributed by atoms with Crippen molar-refractivity contribution in [2.24, 2.45) is 0 Å². The van der Waals surface area contributed by atoms with Crippen LogP contribution in [0.2, 0.25) is 0 Å². The second-order valence-electron chi connectivity index (χ2n) is 7.09. The normalized spacial score (nSPS) is 16.1. The van der Waals surface area contributed by atoms with Crippen molar-refractivity contribution in [3.63, 3.8) is 0 Å². The minimum Gasteiger partial charge on any atom is -0.462 e. The predicted molar refractivity (Wildman–Crippen MR) is 110 cm³/mol. The van der Waals surface area contributed by atoms with Crippen LogP contribution in [0.15, 0.2) is 5.16 Å². The van der Waals surface area contributed by atoms with Gasteiger partial charge in [-0.15, -0.1) is 21.5 Å². The van der Waals surface area contributed by atoms with E-state index in [1.165, 1.54) is 11.8 Å². The summed E-state index contributed by atoms with van der Waals surface area (Å²) in [4.78, 5) is 25.3. The first-order chi connectivity index (χ1) is 14.0. The summed E-state index contributed by atoms with van der Waals surface area (Å²) in [5.74, 6) is 0.953. The van der Waals surface area contributed by atoms with E-state index in [-0.39, 0.29) is 23.8 Å². The number of hydrogen-bond acceptors (Lipinski definition) is 9. The number of rotatable bonds is 9. The van der Waals surface area contributed by atoms with E-state index >= 15 is 0 Å². The molecule has 0 bridgehead atoms. The number of carbonyl (C=O) groups excluding carboxylic acids is 2. The van der Waals surface area contributed by atoms with E-state index in [1.54, 1.807) is 13.8 Å². The Balaban J connectivity index is 1.63. The van der Waals surface area contributed by atoms with Crippen LogP contribution in [0.4, 0.5) is 5.00 Å². The summed E-state index contributed by atoms with van der Waals surface area (Å²) in [6, 6.07) is 0.463. The smallest absolute Gasteiger partial charge is 0.348 e. The maximum absolute atomic E-state index is 12.5. The number of thiophene rings is 1. The quantitative estimate of drug-likeness (QED) is 0.467. The zero-order valence-electron chi connectivity index (χ0n) is 16.5. The highest BCUT2D eigenvalue weighted by Gasteiger charge is 2.37. The highest BCUT2D eigenvalue weighted by atomic mass is 32.2. The molecule has 156 valence electrons. The summed E-state index contributed by atoms with van der Waals surface area (Å²) in [6.07, 6.45) is 4.60. The fourth-order valence-corrected chi connectivity index (χ4v) is 5.33. The molecule has 2 aromatic rings. The minimum atomic E-state index is -0.519. The third kappa shape index (κ3) is 4.13. The second-order valence-corrected chi connectivity index (χ2v) is 9.09. The molecule has 4 rings (SSSR count). The summed E-state index contributed by atoms with van der Waals surface area (Å²) >= 11 is 2.54. The third-order valence-electron chi connectivity index (χ3n) is 4.87. The van der Waals surface area contributed by atoms with Gasteiger partial charge in [0.05, 0.1) is 18.8 Å². The van der Waals surface area contributed by atoms with E-state index in [9.17, 15) is 9.59 Å². The van der Waals surface area contributed by atoms with E-state index < -0.39 is 11.9 Å². The van der Waals surface area contributed by atoms with Crippen molar-refractivity contribution >= 4 is 40.0 Å². The fraction of sp³-hybridized carbons (Fsp3) is 0.579.